The molecule has 164 valence electrons. The van der Waals surface area contributed by atoms with Crippen molar-refractivity contribution in [2.75, 3.05) is 11.1 Å². The van der Waals surface area contributed by atoms with Crippen LogP contribution >= 0.6 is 23.4 Å². The molecule has 0 saturated carbocycles. The number of amides is 2. The topological polar surface area (TPSA) is 106 Å². The molecule has 0 aliphatic heterocycles. The fourth-order valence-corrected chi connectivity index (χ4v) is 3.17. The summed E-state index contributed by atoms with van der Waals surface area (Å²) >= 11 is 7.02. The van der Waals surface area contributed by atoms with Gasteiger partial charge in [0.25, 0.3) is 5.22 Å². The van der Waals surface area contributed by atoms with Crippen LogP contribution < -0.4 is 10.6 Å². The van der Waals surface area contributed by atoms with Crippen molar-refractivity contribution in [3.63, 3.8) is 0 Å². The molecule has 10 heteroatoms. The molecule has 1 heterocycles. The van der Waals surface area contributed by atoms with E-state index in [0.29, 0.717) is 10.7 Å². The Bertz CT molecular complexity index is 868. The molecule has 2 aromatic rings. The smallest absolute Gasteiger partial charge is 0.408 e. The molecule has 0 saturated heterocycles. The number of alkyl carbamates (subject to hydrolysis) is 1. The molecule has 0 fully saturated rings. The Morgan fingerprint density at radius 2 is 2.03 bits per heavy atom. The number of halogens is 1. The Morgan fingerprint density at radius 3 is 2.67 bits per heavy atom. The number of thioether (sulfide) groups is 1. The molecule has 2 rings (SSSR count). The number of nitrogens with one attached hydrogen (secondary N) is 2. The van der Waals surface area contributed by atoms with Gasteiger partial charge in [0.2, 0.25) is 11.8 Å². The molecule has 1 aromatic heterocycles. The van der Waals surface area contributed by atoms with Crippen LogP contribution in [-0.2, 0) is 9.53 Å². The van der Waals surface area contributed by atoms with Gasteiger partial charge in [0.05, 0.1) is 5.75 Å². The average molecular weight is 455 g/mol. The number of aromatic nitrogens is 2. The molecule has 2 N–H and O–H groups in total. The summed E-state index contributed by atoms with van der Waals surface area (Å²) in [5.74, 6) is 0.170. The molecule has 0 aliphatic carbocycles. The number of ether oxygens (including phenoxy) is 1. The van der Waals surface area contributed by atoms with Crippen LogP contribution in [0.4, 0.5) is 10.5 Å². The minimum Gasteiger partial charge on any atom is -0.444 e. The summed E-state index contributed by atoms with van der Waals surface area (Å²) in [5, 5.41) is 14.4. The van der Waals surface area contributed by atoms with Gasteiger partial charge in [-0.25, -0.2) is 4.79 Å². The number of rotatable bonds is 8. The third-order valence-electron chi connectivity index (χ3n) is 4.01. The number of hydrogen-bond donors (Lipinski definition) is 2. The quantitative estimate of drug-likeness (QED) is 0.536. The lowest BCUT2D eigenvalue weighted by atomic mass is 9.99. The predicted molar refractivity (Wildman–Crippen MR) is 117 cm³/mol. The van der Waals surface area contributed by atoms with E-state index in [1.165, 1.54) is 0 Å². The van der Waals surface area contributed by atoms with Crippen molar-refractivity contribution in [2.24, 2.45) is 5.92 Å². The summed E-state index contributed by atoms with van der Waals surface area (Å²) in [6, 6.07) is 6.39. The lowest BCUT2D eigenvalue weighted by Crippen LogP contribution is -2.37. The van der Waals surface area contributed by atoms with E-state index in [4.69, 9.17) is 20.8 Å². The SMILES string of the molecule is CCC(C)[C@H](NC(=O)OC(C)(C)C)c1nnc(SCC(=O)Nc2cccc(Cl)c2)o1. The van der Waals surface area contributed by atoms with Crippen molar-refractivity contribution in [3.8, 4) is 0 Å². The van der Waals surface area contributed by atoms with Gasteiger partial charge in [0.15, 0.2) is 0 Å². The zero-order valence-electron chi connectivity index (χ0n) is 17.7. The molecule has 0 bridgehead atoms. The van der Waals surface area contributed by atoms with Crippen molar-refractivity contribution in [2.45, 2.75) is 57.9 Å². The van der Waals surface area contributed by atoms with E-state index in [9.17, 15) is 9.59 Å². The molecule has 2 amide bonds. The monoisotopic (exact) mass is 454 g/mol. The highest BCUT2D eigenvalue weighted by Crippen LogP contribution is 2.27. The van der Waals surface area contributed by atoms with Crippen LogP contribution in [0.25, 0.3) is 0 Å². The number of hydrogen-bond acceptors (Lipinski definition) is 7. The fraction of sp³-hybridized carbons (Fsp3) is 0.500. The van der Waals surface area contributed by atoms with E-state index in [1.54, 1.807) is 45.0 Å². The first-order valence-electron chi connectivity index (χ1n) is 9.58. The molecule has 1 aromatic carbocycles. The molecule has 0 spiro atoms. The van der Waals surface area contributed by atoms with Crippen LogP contribution in [0.5, 0.6) is 0 Å². The highest BCUT2D eigenvalue weighted by atomic mass is 35.5. The van der Waals surface area contributed by atoms with Crippen LogP contribution in [-0.4, -0.2) is 33.6 Å². The lowest BCUT2D eigenvalue weighted by Gasteiger charge is -2.24. The summed E-state index contributed by atoms with van der Waals surface area (Å²) in [4.78, 5) is 24.3. The number of nitrogens with zero attached hydrogens (tertiary/aromatic N) is 2. The Morgan fingerprint density at radius 1 is 1.30 bits per heavy atom. The second-order valence-electron chi connectivity index (χ2n) is 7.76. The second-order valence-corrected chi connectivity index (χ2v) is 9.13. The summed E-state index contributed by atoms with van der Waals surface area (Å²) in [6.45, 7) is 9.35. The molecular weight excluding hydrogens is 428 g/mol. The summed E-state index contributed by atoms with van der Waals surface area (Å²) in [6.07, 6.45) is 0.231. The third-order valence-corrected chi connectivity index (χ3v) is 5.06. The van der Waals surface area contributed by atoms with E-state index in [2.05, 4.69) is 20.8 Å². The van der Waals surface area contributed by atoms with Crippen molar-refractivity contribution in [1.29, 1.82) is 0 Å². The minimum atomic E-state index is -0.615. The molecule has 30 heavy (non-hydrogen) atoms. The van der Waals surface area contributed by atoms with Gasteiger partial charge in [0, 0.05) is 10.7 Å². The van der Waals surface area contributed by atoms with Crippen LogP contribution in [0.1, 0.15) is 53.0 Å². The number of carbonyl (C=O) groups excluding carboxylic acids is 2. The van der Waals surface area contributed by atoms with Crippen LogP contribution in [0.3, 0.4) is 0 Å². The highest BCUT2D eigenvalue weighted by Gasteiger charge is 2.28. The van der Waals surface area contributed by atoms with E-state index >= 15 is 0 Å². The van der Waals surface area contributed by atoms with E-state index in [1.807, 2.05) is 13.8 Å². The number of anilines is 1. The van der Waals surface area contributed by atoms with Gasteiger partial charge >= 0.3 is 6.09 Å². The van der Waals surface area contributed by atoms with E-state index in [-0.39, 0.29) is 28.7 Å². The molecular formula is C20H27ClN4O4S. The Hall–Kier alpha value is -2.26. The van der Waals surface area contributed by atoms with E-state index < -0.39 is 17.7 Å². The number of carbonyl (C=O) groups is 2. The normalized spacial score (nSPS) is 13.4. The average Bonchev–Trinajstić information content (AvgIpc) is 3.11. The van der Waals surface area contributed by atoms with Crippen LogP contribution in [0.15, 0.2) is 33.9 Å². The van der Waals surface area contributed by atoms with Gasteiger partial charge < -0.3 is 19.8 Å². The molecule has 1 unspecified atom stereocenters. The van der Waals surface area contributed by atoms with Gasteiger partial charge in [0.1, 0.15) is 11.6 Å². The zero-order valence-corrected chi connectivity index (χ0v) is 19.3. The summed E-state index contributed by atoms with van der Waals surface area (Å²) in [5.41, 5.74) is -0.00580. The van der Waals surface area contributed by atoms with Gasteiger partial charge in [-0.15, -0.1) is 10.2 Å². The largest absolute Gasteiger partial charge is 0.444 e. The maximum Gasteiger partial charge on any atom is 0.408 e. The maximum absolute atomic E-state index is 12.2. The van der Waals surface area contributed by atoms with Crippen molar-refractivity contribution in [3.05, 3.63) is 35.2 Å². The molecule has 0 aliphatic rings. The Balaban J connectivity index is 1.97. The maximum atomic E-state index is 12.2. The minimum absolute atomic E-state index is 0.0435. The van der Waals surface area contributed by atoms with E-state index in [0.717, 1.165) is 18.2 Å². The standard InChI is InChI=1S/C20H27ClN4O4S/c1-6-12(2)16(23-18(27)29-20(3,4)5)17-24-25-19(28-17)30-11-15(26)22-14-9-7-8-13(21)10-14/h7-10,12,16H,6,11H2,1-5H3,(H,22,26)(H,23,27)/t12?,16-/m0/s1. The molecule has 2 atom stereocenters. The summed E-state index contributed by atoms with van der Waals surface area (Å²) in [7, 11) is 0. The van der Waals surface area contributed by atoms with Crippen molar-refractivity contribution < 1.29 is 18.7 Å². The van der Waals surface area contributed by atoms with Gasteiger partial charge in [-0.05, 0) is 44.9 Å². The van der Waals surface area contributed by atoms with Crippen LogP contribution in [0.2, 0.25) is 5.02 Å². The number of benzene rings is 1. The lowest BCUT2D eigenvalue weighted by molar-refractivity contribution is -0.113. The summed E-state index contributed by atoms with van der Waals surface area (Å²) < 4.78 is 11.0. The van der Waals surface area contributed by atoms with Crippen LogP contribution in [0, 0.1) is 5.92 Å². The molecule has 0 radical (unpaired) electrons. The Kier molecular flexibility index (Phi) is 8.54. The first kappa shape index (κ1) is 24.0. The predicted octanol–water partition coefficient (Wildman–Crippen LogP) is 5.07. The van der Waals surface area contributed by atoms with Crippen molar-refractivity contribution >= 4 is 41.1 Å². The third kappa shape index (κ3) is 7.87. The first-order chi connectivity index (χ1) is 14.1. The first-order valence-corrected chi connectivity index (χ1v) is 10.9. The second kappa shape index (κ2) is 10.7. The van der Waals surface area contributed by atoms with Gasteiger partial charge in [-0.2, -0.15) is 0 Å². The zero-order chi connectivity index (χ0) is 22.3. The van der Waals surface area contributed by atoms with Gasteiger partial charge in [-0.3, -0.25) is 4.79 Å². The van der Waals surface area contributed by atoms with Crippen molar-refractivity contribution in [1.82, 2.24) is 15.5 Å². The highest BCUT2D eigenvalue weighted by molar-refractivity contribution is 7.99. The molecule has 8 nitrogen and oxygen atoms in total. The van der Waals surface area contributed by atoms with Gasteiger partial charge in [-0.1, -0.05) is 49.7 Å². The Labute approximate surface area is 185 Å². The fourth-order valence-electron chi connectivity index (χ4n) is 2.41.